The first-order chi connectivity index (χ1) is 9.56. The Kier molecular flexibility index (Phi) is 4.61. The second-order valence-electron chi connectivity index (χ2n) is 3.64. The first-order valence-corrected chi connectivity index (χ1v) is 7.05. The molecule has 1 atom stereocenters. The number of hydrogen-bond acceptors (Lipinski definition) is 5. The monoisotopic (exact) mass is 313 g/mol. The second kappa shape index (κ2) is 6.41. The van der Waals surface area contributed by atoms with Gasteiger partial charge in [-0.1, -0.05) is 23.7 Å². The molecule has 20 heavy (non-hydrogen) atoms. The zero-order valence-corrected chi connectivity index (χ0v) is 11.7. The molecule has 0 saturated heterocycles. The third-order valence-corrected chi connectivity index (χ3v) is 3.38. The molecule has 104 valence electrons. The lowest BCUT2D eigenvalue weighted by molar-refractivity contribution is -0.384. The molecule has 2 rings (SSSR count). The van der Waals surface area contributed by atoms with E-state index in [2.05, 4.69) is 0 Å². The molecule has 0 amide bonds. The molecule has 2 aromatic carbocycles. The first kappa shape index (κ1) is 14.4. The van der Waals surface area contributed by atoms with E-state index in [1.807, 2.05) is 0 Å². The Hall–Kier alpha value is -2.04. The zero-order valence-electron chi connectivity index (χ0n) is 9.99. The minimum absolute atomic E-state index is 0.0796. The Morgan fingerprint density at radius 2 is 1.70 bits per heavy atom. The normalized spacial score (nSPS) is 11.7. The van der Waals surface area contributed by atoms with Crippen LogP contribution < -0.4 is 9.05 Å². The van der Waals surface area contributed by atoms with Crippen LogP contribution in [0.15, 0.2) is 48.5 Å². The van der Waals surface area contributed by atoms with Crippen molar-refractivity contribution >= 4 is 25.5 Å². The van der Waals surface area contributed by atoms with E-state index in [1.54, 1.807) is 24.3 Å². The van der Waals surface area contributed by atoms with Crippen LogP contribution in [-0.2, 0) is 4.57 Å². The van der Waals surface area contributed by atoms with Crippen LogP contribution in [0.4, 0.5) is 5.69 Å². The van der Waals surface area contributed by atoms with E-state index in [0.29, 0.717) is 5.02 Å². The maximum absolute atomic E-state index is 11.7. The van der Waals surface area contributed by atoms with Crippen molar-refractivity contribution in [2.75, 3.05) is 0 Å². The number of halogens is 1. The summed E-state index contributed by atoms with van der Waals surface area (Å²) in [5.74, 6) is 0.464. The summed E-state index contributed by atoms with van der Waals surface area (Å²) >= 11 is 5.85. The lowest BCUT2D eigenvalue weighted by atomic mass is 10.3. The number of rotatable bonds is 5. The van der Waals surface area contributed by atoms with Crippen molar-refractivity contribution in [1.29, 1.82) is 0 Å². The number of non-ortho nitro benzene ring substituents is 1. The Morgan fingerprint density at radius 1 is 1.05 bits per heavy atom. The van der Waals surface area contributed by atoms with Crippen LogP contribution in [0.3, 0.4) is 0 Å². The van der Waals surface area contributed by atoms with E-state index < -0.39 is 13.2 Å². The van der Waals surface area contributed by atoms with Crippen molar-refractivity contribution in [3.05, 3.63) is 63.7 Å². The van der Waals surface area contributed by atoms with Crippen LogP contribution in [0.5, 0.6) is 11.5 Å². The molecular formula is C12H9ClNO5P. The summed E-state index contributed by atoms with van der Waals surface area (Å²) in [7, 11) is -2.85. The maximum atomic E-state index is 11.7. The molecule has 1 unspecified atom stereocenters. The molecule has 0 fully saturated rings. The number of nitrogens with zero attached hydrogens (tertiary/aromatic N) is 1. The molecule has 0 radical (unpaired) electrons. The van der Waals surface area contributed by atoms with Gasteiger partial charge in [-0.05, 0) is 24.3 Å². The summed E-state index contributed by atoms with van der Waals surface area (Å²) in [6, 6.07) is 11.7. The SMILES string of the molecule is O=[N+]([O-])c1ccc(O[PH](=O)Oc2ccccc2Cl)cc1. The van der Waals surface area contributed by atoms with Crippen molar-refractivity contribution in [3.63, 3.8) is 0 Å². The van der Waals surface area contributed by atoms with Gasteiger partial charge in [0.1, 0.15) is 11.5 Å². The largest absolute Gasteiger partial charge is 0.419 e. The predicted octanol–water partition coefficient (Wildman–Crippen LogP) is 4.10. The smallest absolute Gasteiger partial charge is 0.418 e. The topological polar surface area (TPSA) is 78.7 Å². The van der Waals surface area contributed by atoms with Crippen molar-refractivity contribution in [2.45, 2.75) is 0 Å². The van der Waals surface area contributed by atoms with Gasteiger partial charge in [-0.3, -0.25) is 10.1 Å². The van der Waals surface area contributed by atoms with Gasteiger partial charge in [-0.25, -0.2) is 4.57 Å². The van der Waals surface area contributed by atoms with Gasteiger partial charge >= 0.3 is 8.25 Å². The Bertz CT molecular complexity index is 647. The van der Waals surface area contributed by atoms with E-state index in [-0.39, 0.29) is 17.2 Å². The summed E-state index contributed by atoms with van der Waals surface area (Å²) in [6.07, 6.45) is 0. The van der Waals surface area contributed by atoms with Gasteiger partial charge in [0, 0.05) is 12.1 Å². The summed E-state index contributed by atoms with van der Waals surface area (Å²) in [5, 5.41) is 10.8. The first-order valence-electron chi connectivity index (χ1n) is 5.45. The highest BCUT2D eigenvalue weighted by atomic mass is 35.5. The molecule has 6 nitrogen and oxygen atoms in total. The van der Waals surface area contributed by atoms with E-state index in [4.69, 9.17) is 20.6 Å². The lowest BCUT2D eigenvalue weighted by Gasteiger charge is -2.08. The highest BCUT2D eigenvalue weighted by molar-refractivity contribution is 7.34. The van der Waals surface area contributed by atoms with Gasteiger partial charge in [-0.15, -0.1) is 0 Å². The molecule has 8 heteroatoms. The molecule has 0 aromatic heterocycles. The van der Waals surface area contributed by atoms with Crippen LogP contribution in [0, 0.1) is 10.1 Å². The Balaban J connectivity index is 2.01. The molecule has 0 N–H and O–H groups in total. The third kappa shape index (κ3) is 3.73. The summed E-state index contributed by atoms with van der Waals surface area (Å²) < 4.78 is 21.8. The van der Waals surface area contributed by atoms with Crippen molar-refractivity contribution in [1.82, 2.24) is 0 Å². The van der Waals surface area contributed by atoms with Gasteiger partial charge in [0.05, 0.1) is 9.95 Å². The van der Waals surface area contributed by atoms with Gasteiger partial charge in [-0.2, -0.15) is 0 Å². The summed E-state index contributed by atoms with van der Waals surface area (Å²) in [6.45, 7) is 0. The highest BCUT2D eigenvalue weighted by Crippen LogP contribution is 2.34. The van der Waals surface area contributed by atoms with Gasteiger partial charge in [0.25, 0.3) is 5.69 Å². The minimum Gasteiger partial charge on any atom is -0.418 e. The van der Waals surface area contributed by atoms with E-state index in [0.717, 1.165) is 0 Å². The molecule has 0 heterocycles. The molecular weight excluding hydrogens is 305 g/mol. The summed E-state index contributed by atoms with van der Waals surface area (Å²) in [4.78, 5) is 9.95. The van der Waals surface area contributed by atoms with Crippen molar-refractivity contribution in [2.24, 2.45) is 0 Å². The van der Waals surface area contributed by atoms with Crippen LogP contribution in [0.2, 0.25) is 5.02 Å². The van der Waals surface area contributed by atoms with E-state index >= 15 is 0 Å². The van der Waals surface area contributed by atoms with Crippen molar-refractivity contribution in [3.8, 4) is 11.5 Å². The number of para-hydroxylation sites is 1. The standard InChI is InChI=1S/C12H9ClNO5P/c13-11-3-1-2-4-12(11)19-20(17)18-10-7-5-9(6-8-10)14(15)16/h1-8,20H. The molecule has 0 saturated carbocycles. The van der Waals surface area contributed by atoms with Gasteiger partial charge in [0.2, 0.25) is 0 Å². The second-order valence-corrected chi connectivity index (χ2v) is 4.95. The minimum atomic E-state index is -2.85. The Morgan fingerprint density at radius 3 is 2.30 bits per heavy atom. The molecule has 0 aliphatic heterocycles. The number of benzene rings is 2. The maximum Gasteiger partial charge on any atom is 0.419 e. The fourth-order valence-corrected chi connectivity index (χ4v) is 2.34. The fraction of sp³-hybridized carbons (Fsp3) is 0. The van der Waals surface area contributed by atoms with Crippen molar-refractivity contribution < 1.29 is 18.5 Å². The average Bonchev–Trinajstić information content (AvgIpc) is 2.42. The fourth-order valence-electron chi connectivity index (χ4n) is 1.37. The predicted molar refractivity (Wildman–Crippen MR) is 74.8 cm³/mol. The van der Waals surface area contributed by atoms with Crippen LogP contribution in [0.25, 0.3) is 0 Å². The molecule has 0 aliphatic rings. The average molecular weight is 314 g/mol. The van der Waals surface area contributed by atoms with Crippen LogP contribution >= 0.6 is 19.9 Å². The zero-order chi connectivity index (χ0) is 14.5. The van der Waals surface area contributed by atoms with Crippen LogP contribution in [-0.4, -0.2) is 4.92 Å². The number of nitro benzene ring substituents is 1. The molecule has 0 aliphatic carbocycles. The molecule has 0 spiro atoms. The van der Waals surface area contributed by atoms with E-state index in [1.165, 1.54) is 24.3 Å². The molecule has 2 aromatic rings. The summed E-state index contributed by atoms with van der Waals surface area (Å²) in [5.41, 5.74) is -0.0796. The Labute approximate surface area is 120 Å². The van der Waals surface area contributed by atoms with Crippen LogP contribution in [0.1, 0.15) is 0 Å². The van der Waals surface area contributed by atoms with Gasteiger partial charge in [0.15, 0.2) is 0 Å². The molecule has 0 bridgehead atoms. The van der Waals surface area contributed by atoms with Gasteiger partial charge < -0.3 is 9.05 Å². The number of hydrogen-bond donors (Lipinski definition) is 0. The third-order valence-electron chi connectivity index (χ3n) is 2.28. The lowest BCUT2D eigenvalue weighted by Crippen LogP contribution is -1.91. The van der Waals surface area contributed by atoms with E-state index in [9.17, 15) is 14.7 Å². The highest BCUT2D eigenvalue weighted by Gasteiger charge is 2.09. The quantitative estimate of drug-likeness (QED) is 0.472. The number of nitro groups is 1.